The number of aryl methyl sites for hydroxylation is 1. The molecule has 0 aliphatic heterocycles. The van der Waals surface area contributed by atoms with E-state index in [0.717, 1.165) is 0 Å². The number of nitrogens with zero attached hydrogens (tertiary/aromatic N) is 2. The second kappa shape index (κ2) is 3.27. The molecule has 5 nitrogen and oxygen atoms in total. The van der Waals surface area contributed by atoms with Gasteiger partial charge in [-0.2, -0.15) is 0 Å². The maximum Gasteiger partial charge on any atom is 0.372 e. The number of nitrogen functional groups attached to an aromatic ring is 1. The largest absolute Gasteiger partial charge is 0.475 e. The zero-order valence-corrected chi connectivity index (χ0v) is 8.27. The third-order valence-electron chi connectivity index (χ3n) is 2.31. The van der Waals surface area contributed by atoms with Gasteiger partial charge in [0.2, 0.25) is 5.82 Å². The van der Waals surface area contributed by atoms with E-state index >= 15 is 0 Å². The SMILES string of the molecule is CCn1c(C(=O)O)nc2cccc(N)c21. The summed E-state index contributed by atoms with van der Waals surface area (Å²) in [5, 5.41) is 8.96. The fourth-order valence-corrected chi connectivity index (χ4v) is 1.68. The first kappa shape index (κ1) is 9.51. The minimum absolute atomic E-state index is 0.0328. The fourth-order valence-electron chi connectivity index (χ4n) is 1.68. The van der Waals surface area contributed by atoms with Gasteiger partial charge in [-0.05, 0) is 19.1 Å². The number of aromatic carboxylic acids is 1. The molecule has 0 amide bonds. The lowest BCUT2D eigenvalue weighted by Crippen LogP contribution is -2.08. The summed E-state index contributed by atoms with van der Waals surface area (Å²) >= 11 is 0. The molecule has 0 aliphatic rings. The van der Waals surface area contributed by atoms with Crippen molar-refractivity contribution in [3.05, 3.63) is 24.0 Å². The summed E-state index contributed by atoms with van der Waals surface area (Å²) in [5.74, 6) is -1.00. The molecule has 0 atom stereocenters. The average molecular weight is 205 g/mol. The van der Waals surface area contributed by atoms with Crippen LogP contribution in [0, 0.1) is 0 Å². The van der Waals surface area contributed by atoms with Crippen molar-refractivity contribution in [2.24, 2.45) is 0 Å². The number of rotatable bonds is 2. The van der Waals surface area contributed by atoms with E-state index in [-0.39, 0.29) is 5.82 Å². The minimum atomic E-state index is -1.03. The molecule has 0 unspecified atom stereocenters. The van der Waals surface area contributed by atoms with Crippen molar-refractivity contribution >= 4 is 22.7 Å². The van der Waals surface area contributed by atoms with Gasteiger partial charge in [-0.1, -0.05) is 6.07 Å². The van der Waals surface area contributed by atoms with Crippen LogP contribution in [0.1, 0.15) is 17.5 Å². The monoisotopic (exact) mass is 205 g/mol. The van der Waals surface area contributed by atoms with Crippen LogP contribution in [0.2, 0.25) is 0 Å². The van der Waals surface area contributed by atoms with Gasteiger partial charge in [0.05, 0.1) is 16.7 Å². The predicted molar refractivity (Wildman–Crippen MR) is 56.8 cm³/mol. The van der Waals surface area contributed by atoms with Crippen LogP contribution in [-0.2, 0) is 6.54 Å². The molecular formula is C10H11N3O2. The molecule has 2 rings (SSSR count). The number of fused-ring (bicyclic) bond motifs is 1. The molecular weight excluding hydrogens is 194 g/mol. The normalized spacial score (nSPS) is 10.7. The van der Waals surface area contributed by atoms with E-state index in [4.69, 9.17) is 10.8 Å². The van der Waals surface area contributed by atoms with Crippen molar-refractivity contribution in [1.29, 1.82) is 0 Å². The topological polar surface area (TPSA) is 81.1 Å². The summed E-state index contributed by atoms with van der Waals surface area (Å²) in [4.78, 5) is 15.0. The Kier molecular flexibility index (Phi) is 2.07. The van der Waals surface area contributed by atoms with Crippen molar-refractivity contribution in [1.82, 2.24) is 9.55 Å². The summed E-state index contributed by atoms with van der Waals surface area (Å²) in [7, 11) is 0. The van der Waals surface area contributed by atoms with Gasteiger partial charge in [-0.15, -0.1) is 0 Å². The third kappa shape index (κ3) is 1.32. The molecule has 0 aliphatic carbocycles. The Bertz CT molecular complexity index is 531. The van der Waals surface area contributed by atoms with E-state index in [1.165, 1.54) is 0 Å². The smallest absolute Gasteiger partial charge is 0.372 e. The van der Waals surface area contributed by atoms with Crippen molar-refractivity contribution in [2.75, 3.05) is 5.73 Å². The number of carboxylic acid groups (broad SMARTS) is 1. The van der Waals surface area contributed by atoms with E-state index < -0.39 is 5.97 Å². The molecule has 0 fully saturated rings. The highest BCUT2D eigenvalue weighted by molar-refractivity contribution is 5.94. The molecule has 0 spiro atoms. The Labute approximate surface area is 86.1 Å². The number of para-hydroxylation sites is 1. The van der Waals surface area contributed by atoms with E-state index in [0.29, 0.717) is 23.3 Å². The molecule has 0 radical (unpaired) electrons. The number of nitrogens with two attached hydrogens (primary N) is 1. The number of hydrogen-bond acceptors (Lipinski definition) is 3. The summed E-state index contributed by atoms with van der Waals surface area (Å²) in [6.07, 6.45) is 0. The van der Waals surface area contributed by atoms with Gasteiger partial charge < -0.3 is 15.4 Å². The molecule has 5 heteroatoms. The molecule has 1 aromatic heterocycles. The molecule has 0 saturated heterocycles. The molecule has 1 heterocycles. The van der Waals surface area contributed by atoms with Gasteiger partial charge in [-0.25, -0.2) is 9.78 Å². The number of imidazole rings is 1. The fraction of sp³-hybridized carbons (Fsp3) is 0.200. The zero-order chi connectivity index (χ0) is 11.0. The van der Waals surface area contributed by atoms with Crippen LogP contribution in [0.5, 0.6) is 0 Å². The first-order valence-electron chi connectivity index (χ1n) is 4.63. The maximum atomic E-state index is 10.9. The third-order valence-corrected chi connectivity index (χ3v) is 2.31. The quantitative estimate of drug-likeness (QED) is 0.725. The number of anilines is 1. The van der Waals surface area contributed by atoms with Gasteiger partial charge in [0, 0.05) is 6.54 Å². The highest BCUT2D eigenvalue weighted by Crippen LogP contribution is 2.22. The molecule has 2 aromatic rings. The van der Waals surface area contributed by atoms with Crippen molar-refractivity contribution < 1.29 is 9.90 Å². The highest BCUT2D eigenvalue weighted by Gasteiger charge is 2.16. The Morgan fingerprint density at radius 2 is 2.33 bits per heavy atom. The summed E-state index contributed by atoms with van der Waals surface area (Å²) in [6.45, 7) is 2.40. The van der Waals surface area contributed by atoms with Gasteiger partial charge >= 0.3 is 5.97 Å². The first-order valence-corrected chi connectivity index (χ1v) is 4.63. The molecule has 78 valence electrons. The molecule has 0 saturated carbocycles. The Morgan fingerprint density at radius 3 is 2.93 bits per heavy atom. The van der Waals surface area contributed by atoms with Gasteiger partial charge in [-0.3, -0.25) is 0 Å². The van der Waals surface area contributed by atoms with Crippen LogP contribution in [0.3, 0.4) is 0 Å². The van der Waals surface area contributed by atoms with Crippen molar-refractivity contribution in [3.63, 3.8) is 0 Å². The van der Waals surface area contributed by atoms with Gasteiger partial charge in [0.15, 0.2) is 0 Å². The lowest BCUT2D eigenvalue weighted by Gasteiger charge is -2.03. The predicted octanol–water partition coefficient (Wildman–Crippen LogP) is 1.34. The van der Waals surface area contributed by atoms with Crippen LogP contribution in [-0.4, -0.2) is 20.6 Å². The molecule has 1 aromatic carbocycles. The molecule has 3 N–H and O–H groups in total. The first-order chi connectivity index (χ1) is 7.15. The van der Waals surface area contributed by atoms with Gasteiger partial charge in [0.25, 0.3) is 0 Å². The zero-order valence-electron chi connectivity index (χ0n) is 8.27. The Morgan fingerprint density at radius 1 is 1.60 bits per heavy atom. The summed E-state index contributed by atoms with van der Waals surface area (Å²) in [6, 6.07) is 5.25. The Balaban J connectivity index is 2.86. The number of carboxylic acids is 1. The summed E-state index contributed by atoms with van der Waals surface area (Å²) < 4.78 is 1.60. The number of carbonyl (C=O) groups is 1. The number of aromatic nitrogens is 2. The highest BCUT2D eigenvalue weighted by atomic mass is 16.4. The van der Waals surface area contributed by atoms with Crippen LogP contribution in [0.4, 0.5) is 5.69 Å². The van der Waals surface area contributed by atoms with Crippen LogP contribution in [0.15, 0.2) is 18.2 Å². The summed E-state index contributed by atoms with van der Waals surface area (Å²) in [5.41, 5.74) is 7.65. The van der Waals surface area contributed by atoms with Crippen molar-refractivity contribution in [2.45, 2.75) is 13.5 Å². The standard InChI is InChI=1S/C10H11N3O2/c1-2-13-8-6(11)4-3-5-7(8)12-9(13)10(14)15/h3-5H,2,11H2,1H3,(H,14,15). The second-order valence-corrected chi connectivity index (χ2v) is 3.20. The van der Waals surface area contributed by atoms with E-state index in [9.17, 15) is 4.79 Å². The number of hydrogen-bond donors (Lipinski definition) is 2. The molecule has 0 bridgehead atoms. The molecule has 15 heavy (non-hydrogen) atoms. The second-order valence-electron chi connectivity index (χ2n) is 3.20. The Hall–Kier alpha value is -2.04. The lowest BCUT2D eigenvalue weighted by atomic mass is 10.3. The van der Waals surface area contributed by atoms with Crippen LogP contribution < -0.4 is 5.73 Å². The average Bonchev–Trinajstić information content (AvgIpc) is 2.57. The van der Waals surface area contributed by atoms with Crippen LogP contribution >= 0.6 is 0 Å². The number of benzene rings is 1. The van der Waals surface area contributed by atoms with E-state index in [1.54, 1.807) is 22.8 Å². The minimum Gasteiger partial charge on any atom is -0.475 e. The van der Waals surface area contributed by atoms with Crippen molar-refractivity contribution in [3.8, 4) is 0 Å². The lowest BCUT2D eigenvalue weighted by molar-refractivity contribution is 0.0679. The maximum absolute atomic E-state index is 10.9. The van der Waals surface area contributed by atoms with E-state index in [2.05, 4.69) is 4.98 Å². The van der Waals surface area contributed by atoms with E-state index in [1.807, 2.05) is 6.92 Å². The van der Waals surface area contributed by atoms with Gasteiger partial charge in [0.1, 0.15) is 0 Å². The van der Waals surface area contributed by atoms with Crippen LogP contribution in [0.25, 0.3) is 11.0 Å².